The number of rotatable bonds is 8. The van der Waals surface area contributed by atoms with Crippen LogP contribution < -0.4 is 10.6 Å². The van der Waals surface area contributed by atoms with Gasteiger partial charge in [0, 0.05) is 19.3 Å². The topological polar surface area (TPSA) is 67.4 Å². The molecule has 0 aliphatic carbocycles. The number of ether oxygens (including phenoxy) is 1. The Balaban J connectivity index is 2.06. The second-order valence-corrected chi connectivity index (χ2v) is 6.21. The summed E-state index contributed by atoms with van der Waals surface area (Å²) in [5, 5.41) is 5.87. The van der Waals surface area contributed by atoms with Crippen LogP contribution in [0.3, 0.4) is 0 Å². The van der Waals surface area contributed by atoms with Crippen molar-refractivity contribution in [1.82, 2.24) is 5.32 Å². The maximum Gasteiger partial charge on any atom is 0.252 e. The number of methoxy groups -OCH3 is 1. The molecule has 0 aliphatic heterocycles. The smallest absolute Gasteiger partial charge is 0.252 e. The van der Waals surface area contributed by atoms with Gasteiger partial charge in [0.1, 0.15) is 0 Å². The molecule has 1 atom stereocenters. The minimum atomic E-state index is -0.277. The van der Waals surface area contributed by atoms with Crippen molar-refractivity contribution < 1.29 is 14.3 Å². The third kappa shape index (κ3) is 5.31. The van der Waals surface area contributed by atoms with E-state index in [-0.39, 0.29) is 22.8 Å². The Hall–Kier alpha value is -2.37. The second kappa shape index (κ2) is 9.94. The summed E-state index contributed by atoms with van der Waals surface area (Å²) < 4.78 is 4.90. The zero-order valence-electron chi connectivity index (χ0n) is 14.9. The van der Waals surface area contributed by atoms with E-state index in [1.54, 1.807) is 25.3 Å². The van der Waals surface area contributed by atoms with E-state index in [4.69, 9.17) is 16.3 Å². The summed E-state index contributed by atoms with van der Waals surface area (Å²) >= 11 is 6.21. The fourth-order valence-electron chi connectivity index (χ4n) is 2.63. The van der Waals surface area contributed by atoms with Crippen molar-refractivity contribution in [3.63, 3.8) is 0 Å². The van der Waals surface area contributed by atoms with Gasteiger partial charge in [0.25, 0.3) is 5.91 Å². The molecular weight excluding hydrogens is 352 g/mol. The molecule has 0 aromatic heterocycles. The fraction of sp³-hybridized carbons (Fsp3) is 0.300. The zero-order valence-corrected chi connectivity index (χ0v) is 15.7. The van der Waals surface area contributed by atoms with E-state index in [2.05, 4.69) is 10.6 Å². The standard InChI is InChI=1S/C20H23ClN2O3/c1-3-16(14-7-5-4-6-8-14)20(25)23-15-9-10-17(18(21)13-15)19(24)22-11-12-26-2/h4-10,13,16H,3,11-12H2,1-2H3,(H,22,24)(H,23,25). The largest absolute Gasteiger partial charge is 0.383 e. The molecule has 2 amide bonds. The molecule has 0 spiro atoms. The van der Waals surface area contributed by atoms with Crippen molar-refractivity contribution in [2.45, 2.75) is 19.3 Å². The Morgan fingerprint density at radius 3 is 2.50 bits per heavy atom. The Morgan fingerprint density at radius 2 is 1.88 bits per heavy atom. The van der Waals surface area contributed by atoms with Crippen LogP contribution in [0.5, 0.6) is 0 Å². The highest BCUT2D eigenvalue weighted by Gasteiger charge is 2.19. The molecule has 2 aromatic carbocycles. The minimum Gasteiger partial charge on any atom is -0.383 e. The summed E-state index contributed by atoms with van der Waals surface area (Å²) in [6.45, 7) is 2.80. The summed E-state index contributed by atoms with van der Waals surface area (Å²) in [4.78, 5) is 24.7. The average molecular weight is 375 g/mol. The number of halogens is 1. The molecule has 6 heteroatoms. The lowest BCUT2D eigenvalue weighted by Crippen LogP contribution is -2.27. The second-order valence-electron chi connectivity index (χ2n) is 5.80. The highest BCUT2D eigenvalue weighted by atomic mass is 35.5. The van der Waals surface area contributed by atoms with Gasteiger partial charge < -0.3 is 15.4 Å². The molecule has 26 heavy (non-hydrogen) atoms. The van der Waals surface area contributed by atoms with Gasteiger partial charge in [0.15, 0.2) is 0 Å². The minimum absolute atomic E-state index is 0.105. The first-order valence-corrected chi connectivity index (χ1v) is 8.87. The number of hydrogen-bond donors (Lipinski definition) is 2. The van der Waals surface area contributed by atoms with E-state index in [0.717, 1.165) is 5.56 Å². The van der Waals surface area contributed by atoms with Crippen LogP contribution in [0.2, 0.25) is 5.02 Å². The molecule has 2 N–H and O–H groups in total. The molecule has 0 heterocycles. The first-order chi connectivity index (χ1) is 12.6. The molecule has 138 valence electrons. The summed E-state index contributed by atoms with van der Waals surface area (Å²) in [6.07, 6.45) is 0.684. The molecule has 0 saturated heterocycles. The maximum atomic E-state index is 12.6. The molecule has 1 unspecified atom stereocenters. The number of anilines is 1. The average Bonchev–Trinajstić information content (AvgIpc) is 2.63. The highest BCUT2D eigenvalue weighted by molar-refractivity contribution is 6.34. The van der Waals surface area contributed by atoms with Gasteiger partial charge in [-0.3, -0.25) is 9.59 Å². The van der Waals surface area contributed by atoms with Crippen molar-refractivity contribution >= 4 is 29.1 Å². The molecule has 5 nitrogen and oxygen atoms in total. The highest BCUT2D eigenvalue weighted by Crippen LogP contribution is 2.24. The summed E-state index contributed by atoms with van der Waals surface area (Å²) in [5.41, 5.74) is 1.88. The van der Waals surface area contributed by atoms with Gasteiger partial charge in [-0.2, -0.15) is 0 Å². The van der Waals surface area contributed by atoms with E-state index >= 15 is 0 Å². The Bertz CT molecular complexity index is 750. The van der Waals surface area contributed by atoms with Gasteiger partial charge in [-0.15, -0.1) is 0 Å². The van der Waals surface area contributed by atoms with Gasteiger partial charge in [0.05, 0.1) is 23.1 Å². The van der Waals surface area contributed by atoms with Crippen molar-refractivity contribution in [1.29, 1.82) is 0 Å². The lowest BCUT2D eigenvalue weighted by molar-refractivity contribution is -0.117. The fourth-order valence-corrected chi connectivity index (χ4v) is 2.89. The third-order valence-electron chi connectivity index (χ3n) is 4.00. The van der Waals surface area contributed by atoms with Crippen LogP contribution in [-0.2, 0) is 9.53 Å². The van der Waals surface area contributed by atoms with Crippen LogP contribution in [0.25, 0.3) is 0 Å². The summed E-state index contributed by atoms with van der Waals surface area (Å²) in [6, 6.07) is 14.5. The molecule has 0 aliphatic rings. The first-order valence-electron chi connectivity index (χ1n) is 8.49. The van der Waals surface area contributed by atoms with Crippen molar-refractivity contribution in [2.75, 3.05) is 25.6 Å². The molecular formula is C20H23ClN2O3. The van der Waals surface area contributed by atoms with Gasteiger partial charge in [-0.05, 0) is 30.2 Å². The van der Waals surface area contributed by atoms with Crippen LogP contribution in [-0.4, -0.2) is 32.1 Å². The van der Waals surface area contributed by atoms with Crippen LogP contribution in [0, 0.1) is 0 Å². The number of hydrogen-bond acceptors (Lipinski definition) is 3. The molecule has 2 rings (SSSR count). The summed E-state index contributed by atoms with van der Waals surface area (Å²) in [5.74, 6) is -0.625. The predicted molar refractivity (Wildman–Crippen MR) is 104 cm³/mol. The molecule has 2 aromatic rings. The predicted octanol–water partition coefficient (Wildman–Crippen LogP) is 3.85. The molecule has 0 radical (unpaired) electrons. The quantitative estimate of drug-likeness (QED) is 0.689. The van der Waals surface area contributed by atoms with E-state index in [0.29, 0.717) is 30.8 Å². The van der Waals surface area contributed by atoms with E-state index in [9.17, 15) is 9.59 Å². The Labute approximate surface area is 158 Å². The monoisotopic (exact) mass is 374 g/mol. The summed E-state index contributed by atoms with van der Waals surface area (Å²) in [7, 11) is 1.57. The Kier molecular flexibility index (Phi) is 7.63. The van der Waals surface area contributed by atoms with Crippen LogP contribution >= 0.6 is 11.6 Å². The van der Waals surface area contributed by atoms with Crippen LogP contribution in [0.1, 0.15) is 35.2 Å². The molecule has 0 saturated carbocycles. The lowest BCUT2D eigenvalue weighted by atomic mass is 9.95. The van der Waals surface area contributed by atoms with Gasteiger partial charge >= 0.3 is 0 Å². The Morgan fingerprint density at radius 1 is 1.15 bits per heavy atom. The number of nitrogens with one attached hydrogen (secondary N) is 2. The SMILES string of the molecule is CCC(C(=O)Nc1ccc(C(=O)NCCOC)c(Cl)c1)c1ccccc1. The lowest BCUT2D eigenvalue weighted by Gasteiger charge is -2.16. The van der Waals surface area contributed by atoms with Crippen LogP contribution in [0.15, 0.2) is 48.5 Å². The maximum absolute atomic E-state index is 12.6. The van der Waals surface area contributed by atoms with E-state index in [1.807, 2.05) is 37.3 Å². The van der Waals surface area contributed by atoms with Crippen molar-refractivity contribution in [3.05, 3.63) is 64.7 Å². The zero-order chi connectivity index (χ0) is 18.9. The number of benzene rings is 2. The van der Waals surface area contributed by atoms with Crippen molar-refractivity contribution in [3.8, 4) is 0 Å². The van der Waals surface area contributed by atoms with Crippen molar-refractivity contribution in [2.24, 2.45) is 0 Å². The first kappa shape index (κ1) is 19.9. The van der Waals surface area contributed by atoms with E-state index < -0.39 is 0 Å². The van der Waals surface area contributed by atoms with Gasteiger partial charge in [-0.1, -0.05) is 48.9 Å². The number of carbonyl (C=O) groups is 2. The van der Waals surface area contributed by atoms with Gasteiger partial charge in [0.2, 0.25) is 5.91 Å². The molecule has 0 bridgehead atoms. The molecule has 0 fully saturated rings. The normalized spacial score (nSPS) is 11.7. The van der Waals surface area contributed by atoms with E-state index in [1.165, 1.54) is 0 Å². The van der Waals surface area contributed by atoms with Crippen LogP contribution in [0.4, 0.5) is 5.69 Å². The van der Waals surface area contributed by atoms with Gasteiger partial charge in [-0.25, -0.2) is 0 Å². The third-order valence-corrected chi connectivity index (χ3v) is 4.31. The number of carbonyl (C=O) groups excluding carboxylic acids is 2. The number of amides is 2.